The van der Waals surface area contributed by atoms with Crippen LogP contribution >= 0.6 is 0 Å². The van der Waals surface area contributed by atoms with Crippen LogP contribution in [0.3, 0.4) is 0 Å². The molecule has 1 heterocycles. The second-order valence-corrected chi connectivity index (χ2v) is 7.54. The van der Waals surface area contributed by atoms with Crippen LogP contribution in [0, 0.1) is 5.41 Å². The van der Waals surface area contributed by atoms with Crippen LogP contribution in [-0.4, -0.2) is 34.0 Å². The summed E-state index contributed by atoms with van der Waals surface area (Å²) in [4.78, 5) is 12.0. The average molecular weight is 306 g/mol. The van der Waals surface area contributed by atoms with E-state index >= 15 is 0 Å². The largest absolute Gasteiger partial charge is 0.444 e. The number of aromatic nitrogens is 2. The maximum absolute atomic E-state index is 12.0. The maximum Gasteiger partial charge on any atom is 0.407 e. The van der Waals surface area contributed by atoms with Crippen LogP contribution < -0.4 is 10.6 Å². The highest BCUT2D eigenvalue weighted by Crippen LogP contribution is 2.56. The normalized spacial score (nSPS) is 26.1. The van der Waals surface area contributed by atoms with Crippen LogP contribution in [0.4, 0.5) is 4.79 Å². The first-order chi connectivity index (χ1) is 10.4. The number of aromatic amines is 1. The molecule has 3 rings (SSSR count). The van der Waals surface area contributed by atoms with Gasteiger partial charge in [0, 0.05) is 35.9 Å². The van der Waals surface area contributed by atoms with E-state index in [0.29, 0.717) is 6.04 Å². The third kappa shape index (κ3) is 2.97. The molecule has 0 aliphatic heterocycles. The lowest BCUT2D eigenvalue weighted by molar-refractivity contribution is -0.0621. The third-order valence-electron chi connectivity index (χ3n) is 4.93. The molecule has 1 aromatic heterocycles. The van der Waals surface area contributed by atoms with Gasteiger partial charge in [-0.1, -0.05) is 6.42 Å². The van der Waals surface area contributed by atoms with Gasteiger partial charge < -0.3 is 15.4 Å². The zero-order chi connectivity index (χ0) is 15.8. The second kappa shape index (κ2) is 5.57. The van der Waals surface area contributed by atoms with Crippen molar-refractivity contribution in [2.75, 3.05) is 0 Å². The van der Waals surface area contributed by atoms with Gasteiger partial charge >= 0.3 is 6.09 Å². The third-order valence-corrected chi connectivity index (χ3v) is 4.93. The summed E-state index contributed by atoms with van der Waals surface area (Å²) in [5, 5.41) is 13.6. The molecule has 0 aromatic carbocycles. The number of amides is 1. The summed E-state index contributed by atoms with van der Waals surface area (Å²) < 4.78 is 5.38. The molecule has 2 saturated carbocycles. The van der Waals surface area contributed by atoms with Gasteiger partial charge in [-0.25, -0.2) is 4.79 Å². The van der Waals surface area contributed by atoms with Crippen molar-refractivity contribution >= 4 is 6.09 Å². The van der Waals surface area contributed by atoms with Gasteiger partial charge in [-0.15, -0.1) is 0 Å². The smallest absolute Gasteiger partial charge is 0.407 e. The standard InChI is InChI=1S/C16H26N4O2/c1-15(2,3)22-14(21)19-13-9-12(16(13)6-4-7-16)17-10-11-5-8-18-20-11/h5,8,12-13,17H,4,6-7,9-10H2,1-3H3,(H,18,20)(H,19,21). The molecule has 122 valence electrons. The first-order valence-corrected chi connectivity index (χ1v) is 8.10. The monoisotopic (exact) mass is 306 g/mol. The van der Waals surface area contributed by atoms with Gasteiger partial charge in [0.25, 0.3) is 0 Å². The Bertz CT molecular complexity index is 517. The van der Waals surface area contributed by atoms with E-state index < -0.39 is 5.60 Å². The number of H-pyrrole nitrogens is 1. The van der Waals surface area contributed by atoms with Crippen LogP contribution in [0.25, 0.3) is 0 Å². The number of carbonyl (C=O) groups is 1. The summed E-state index contributed by atoms with van der Waals surface area (Å²) in [5.74, 6) is 0. The van der Waals surface area contributed by atoms with E-state index in [1.165, 1.54) is 19.3 Å². The van der Waals surface area contributed by atoms with Gasteiger partial charge in [-0.3, -0.25) is 5.10 Å². The molecule has 2 atom stereocenters. The number of ether oxygens (including phenoxy) is 1. The van der Waals surface area contributed by atoms with Crippen LogP contribution in [0.2, 0.25) is 0 Å². The quantitative estimate of drug-likeness (QED) is 0.798. The fourth-order valence-electron chi connectivity index (χ4n) is 3.62. The van der Waals surface area contributed by atoms with Crippen molar-refractivity contribution in [2.24, 2.45) is 5.41 Å². The Balaban J connectivity index is 1.52. The van der Waals surface area contributed by atoms with Crippen molar-refractivity contribution < 1.29 is 9.53 Å². The lowest BCUT2D eigenvalue weighted by atomic mass is 9.50. The summed E-state index contributed by atoms with van der Waals surface area (Å²) in [6, 6.07) is 2.68. The Kier molecular flexibility index (Phi) is 3.89. The van der Waals surface area contributed by atoms with E-state index in [1.807, 2.05) is 26.8 Å². The molecule has 2 aliphatic carbocycles. The summed E-state index contributed by atoms with van der Waals surface area (Å²) in [5.41, 5.74) is 0.869. The van der Waals surface area contributed by atoms with E-state index in [9.17, 15) is 4.79 Å². The molecule has 22 heavy (non-hydrogen) atoms. The molecule has 3 N–H and O–H groups in total. The Labute approximate surface area is 131 Å². The molecule has 0 radical (unpaired) electrons. The van der Waals surface area contributed by atoms with Crippen LogP contribution in [0.5, 0.6) is 0 Å². The Hall–Kier alpha value is -1.56. The highest BCUT2D eigenvalue weighted by atomic mass is 16.6. The number of nitrogens with zero attached hydrogens (tertiary/aromatic N) is 1. The van der Waals surface area contributed by atoms with Gasteiger partial charge in [-0.05, 0) is 46.1 Å². The Morgan fingerprint density at radius 1 is 1.45 bits per heavy atom. The zero-order valence-electron chi connectivity index (χ0n) is 13.6. The molecule has 1 spiro atoms. The average Bonchev–Trinajstić information content (AvgIpc) is 2.81. The first kappa shape index (κ1) is 15.3. The van der Waals surface area contributed by atoms with Gasteiger partial charge in [-0.2, -0.15) is 5.10 Å². The van der Waals surface area contributed by atoms with Crippen molar-refractivity contribution in [1.82, 2.24) is 20.8 Å². The molecule has 2 unspecified atom stereocenters. The van der Waals surface area contributed by atoms with E-state index in [2.05, 4.69) is 20.8 Å². The highest BCUT2D eigenvalue weighted by Gasteiger charge is 2.58. The fourth-order valence-corrected chi connectivity index (χ4v) is 3.62. The fraction of sp³-hybridized carbons (Fsp3) is 0.750. The molecule has 2 aliphatic rings. The van der Waals surface area contributed by atoms with Crippen molar-refractivity contribution in [3.63, 3.8) is 0 Å². The van der Waals surface area contributed by atoms with E-state index in [1.54, 1.807) is 6.20 Å². The number of hydrogen-bond acceptors (Lipinski definition) is 4. The zero-order valence-corrected chi connectivity index (χ0v) is 13.6. The molecular weight excluding hydrogens is 280 g/mol. The molecule has 6 heteroatoms. The lowest BCUT2D eigenvalue weighted by Gasteiger charge is -2.61. The number of nitrogens with one attached hydrogen (secondary N) is 3. The van der Waals surface area contributed by atoms with E-state index in [-0.39, 0.29) is 17.6 Å². The van der Waals surface area contributed by atoms with Gasteiger partial charge in [0.2, 0.25) is 0 Å². The van der Waals surface area contributed by atoms with Gasteiger partial charge in [0.1, 0.15) is 5.60 Å². The summed E-state index contributed by atoms with van der Waals surface area (Å²) in [6.07, 6.45) is 6.03. The summed E-state index contributed by atoms with van der Waals surface area (Å²) >= 11 is 0. The predicted octanol–water partition coefficient (Wildman–Crippen LogP) is 2.34. The van der Waals surface area contributed by atoms with Gasteiger partial charge in [0.05, 0.1) is 0 Å². The van der Waals surface area contributed by atoms with Crippen LogP contribution in [-0.2, 0) is 11.3 Å². The molecule has 0 saturated heterocycles. The number of hydrogen-bond donors (Lipinski definition) is 3. The van der Waals surface area contributed by atoms with Crippen molar-refractivity contribution in [2.45, 2.75) is 70.7 Å². The van der Waals surface area contributed by atoms with Gasteiger partial charge in [0.15, 0.2) is 0 Å². The second-order valence-electron chi connectivity index (χ2n) is 7.54. The first-order valence-electron chi connectivity index (χ1n) is 8.10. The number of alkyl carbamates (subject to hydrolysis) is 1. The molecular formula is C16H26N4O2. The number of carbonyl (C=O) groups excluding carboxylic acids is 1. The van der Waals surface area contributed by atoms with E-state index in [0.717, 1.165) is 18.7 Å². The van der Waals surface area contributed by atoms with E-state index in [4.69, 9.17) is 4.74 Å². The van der Waals surface area contributed by atoms with Crippen LogP contribution in [0.15, 0.2) is 12.3 Å². The minimum absolute atomic E-state index is 0.219. The molecule has 2 fully saturated rings. The Morgan fingerprint density at radius 2 is 2.23 bits per heavy atom. The minimum atomic E-state index is -0.446. The minimum Gasteiger partial charge on any atom is -0.444 e. The highest BCUT2D eigenvalue weighted by molar-refractivity contribution is 5.68. The molecule has 1 amide bonds. The summed E-state index contributed by atoms with van der Waals surface area (Å²) in [6.45, 7) is 6.47. The number of rotatable bonds is 4. The predicted molar refractivity (Wildman–Crippen MR) is 83.3 cm³/mol. The molecule has 0 bridgehead atoms. The topological polar surface area (TPSA) is 79.0 Å². The summed E-state index contributed by atoms with van der Waals surface area (Å²) in [7, 11) is 0. The molecule has 1 aromatic rings. The Morgan fingerprint density at radius 3 is 2.77 bits per heavy atom. The van der Waals surface area contributed by atoms with Crippen molar-refractivity contribution in [3.8, 4) is 0 Å². The molecule has 6 nitrogen and oxygen atoms in total. The maximum atomic E-state index is 12.0. The lowest BCUT2D eigenvalue weighted by Crippen LogP contribution is -2.71. The van der Waals surface area contributed by atoms with Crippen molar-refractivity contribution in [1.29, 1.82) is 0 Å². The SMILES string of the molecule is CC(C)(C)OC(=O)NC1CC(NCc2ccn[nH]2)C12CCC2. The van der Waals surface area contributed by atoms with Crippen molar-refractivity contribution in [3.05, 3.63) is 18.0 Å². The van der Waals surface area contributed by atoms with Crippen LogP contribution in [0.1, 0.15) is 52.1 Å².